The molecule has 1 aliphatic carbocycles. The summed E-state index contributed by atoms with van der Waals surface area (Å²) in [4.78, 5) is 17.1. The van der Waals surface area contributed by atoms with Crippen LogP contribution in [0.1, 0.15) is 69.1 Å². The van der Waals surface area contributed by atoms with Crippen molar-refractivity contribution in [1.82, 2.24) is 13.5 Å². The average molecular weight is 396 g/mol. The second-order valence-electron chi connectivity index (χ2n) is 8.96. The van der Waals surface area contributed by atoms with E-state index >= 15 is 0 Å². The first-order valence-electron chi connectivity index (χ1n) is 10.3. The number of hydrogen-bond donors (Lipinski definition) is 0. The molecule has 0 radical (unpaired) electrons. The van der Waals surface area contributed by atoms with Crippen molar-refractivity contribution in [2.45, 2.75) is 69.7 Å². The van der Waals surface area contributed by atoms with E-state index in [2.05, 4.69) is 43.5 Å². The fraction of sp³-hybridized carbons (Fsp3) is 0.478. The van der Waals surface area contributed by atoms with Crippen LogP contribution in [0.5, 0.6) is 0 Å². The molecule has 0 unspecified atom stereocenters. The Morgan fingerprint density at radius 2 is 1.96 bits per heavy atom. The number of nitrogens with zero attached hydrogens (tertiary/aromatic N) is 3. The van der Waals surface area contributed by atoms with Gasteiger partial charge in [0, 0.05) is 34.8 Å². The Labute approximate surface area is 171 Å². The van der Waals surface area contributed by atoms with Gasteiger partial charge in [0.05, 0.1) is 11.0 Å². The molecule has 4 rings (SSSR count). The van der Waals surface area contributed by atoms with Crippen LogP contribution in [0.25, 0.3) is 11.0 Å². The molecule has 0 aliphatic heterocycles. The molecule has 148 valence electrons. The van der Waals surface area contributed by atoms with Gasteiger partial charge >= 0.3 is 0 Å². The number of imidazole rings is 1. The third-order valence-electron chi connectivity index (χ3n) is 5.59. The van der Waals surface area contributed by atoms with Crippen LogP contribution in [-0.2, 0) is 12.0 Å². The fourth-order valence-electron chi connectivity index (χ4n) is 4.19. The van der Waals surface area contributed by atoms with Crippen LogP contribution in [0.2, 0.25) is 0 Å². The van der Waals surface area contributed by atoms with Crippen LogP contribution in [0.3, 0.4) is 0 Å². The van der Waals surface area contributed by atoms with Crippen molar-refractivity contribution in [3.63, 3.8) is 0 Å². The first-order valence-corrected chi connectivity index (χ1v) is 11.0. The number of carbonyl (C=O) groups excluding carboxylic acids is 1. The van der Waals surface area contributed by atoms with E-state index in [-0.39, 0.29) is 5.41 Å². The van der Waals surface area contributed by atoms with Gasteiger partial charge in [0.2, 0.25) is 0 Å². The van der Waals surface area contributed by atoms with Crippen molar-refractivity contribution in [2.75, 3.05) is 0 Å². The predicted molar refractivity (Wildman–Crippen MR) is 116 cm³/mol. The molecule has 1 aliphatic rings. The van der Waals surface area contributed by atoms with Gasteiger partial charge in [0.25, 0.3) is 0 Å². The highest BCUT2D eigenvalue weighted by atomic mass is 32.2. The van der Waals surface area contributed by atoms with Crippen molar-refractivity contribution < 1.29 is 4.79 Å². The van der Waals surface area contributed by atoms with Gasteiger partial charge in [-0.05, 0) is 55.0 Å². The Bertz CT molecular complexity index is 974. The second-order valence-corrected chi connectivity index (χ2v) is 10.0. The van der Waals surface area contributed by atoms with Gasteiger partial charge in [0.15, 0.2) is 6.29 Å². The Morgan fingerprint density at radius 3 is 2.64 bits per heavy atom. The lowest BCUT2D eigenvalue weighted by Gasteiger charge is -2.26. The number of benzene rings is 1. The molecule has 28 heavy (non-hydrogen) atoms. The molecule has 0 N–H and O–H groups in total. The summed E-state index contributed by atoms with van der Waals surface area (Å²) in [5.74, 6) is 1.95. The highest BCUT2D eigenvalue weighted by Gasteiger charge is 2.25. The standard InChI is InChI=1S/C23H29N3OS/c1-23(2,3)22-24-20-13-19(28-25-12-11-18(14-25)16-27)9-10-21(20)26(22)15-17-7-5-4-6-8-17/h9-14,16-17H,4-8,15H2,1-3H3. The second kappa shape index (κ2) is 7.78. The van der Waals surface area contributed by atoms with Crippen LogP contribution in [0, 0.1) is 5.92 Å². The monoisotopic (exact) mass is 395 g/mol. The van der Waals surface area contributed by atoms with Gasteiger partial charge in [-0.3, -0.25) is 8.77 Å². The van der Waals surface area contributed by atoms with Gasteiger partial charge < -0.3 is 4.57 Å². The molecule has 0 saturated heterocycles. The highest BCUT2D eigenvalue weighted by Crippen LogP contribution is 2.33. The first kappa shape index (κ1) is 19.3. The minimum Gasteiger partial charge on any atom is -0.327 e. The van der Waals surface area contributed by atoms with Crippen molar-refractivity contribution in [3.05, 3.63) is 48.0 Å². The maximum absolute atomic E-state index is 10.9. The Balaban J connectivity index is 1.67. The molecule has 1 aromatic carbocycles. The van der Waals surface area contributed by atoms with Crippen LogP contribution in [-0.4, -0.2) is 19.8 Å². The molecule has 1 fully saturated rings. The molecule has 0 amide bonds. The van der Waals surface area contributed by atoms with E-state index < -0.39 is 0 Å². The molecular formula is C23H29N3OS. The van der Waals surface area contributed by atoms with E-state index in [1.54, 1.807) is 11.9 Å². The molecule has 3 aromatic rings. The number of rotatable bonds is 5. The van der Waals surface area contributed by atoms with Crippen molar-refractivity contribution in [2.24, 2.45) is 5.92 Å². The molecule has 0 spiro atoms. The minimum absolute atomic E-state index is 0.0142. The summed E-state index contributed by atoms with van der Waals surface area (Å²) < 4.78 is 4.44. The van der Waals surface area contributed by atoms with E-state index in [0.29, 0.717) is 5.56 Å². The van der Waals surface area contributed by atoms with E-state index in [4.69, 9.17) is 4.98 Å². The number of fused-ring (bicyclic) bond motifs is 1. The summed E-state index contributed by atoms with van der Waals surface area (Å²) in [6.45, 7) is 7.84. The normalized spacial score (nSPS) is 16.0. The lowest BCUT2D eigenvalue weighted by Crippen LogP contribution is -2.22. The molecule has 4 nitrogen and oxygen atoms in total. The van der Waals surface area contributed by atoms with Crippen molar-refractivity contribution in [3.8, 4) is 0 Å². The number of aromatic nitrogens is 3. The summed E-state index contributed by atoms with van der Waals surface area (Å²) in [5.41, 5.74) is 3.01. The van der Waals surface area contributed by atoms with Gasteiger partial charge in [0.1, 0.15) is 5.82 Å². The van der Waals surface area contributed by atoms with E-state index in [1.807, 2.05) is 22.4 Å². The SMILES string of the molecule is CC(C)(C)c1nc2cc(Sn3ccc(C=O)c3)ccc2n1CC1CCCCC1. The fourth-order valence-corrected chi connectivity index (χ4v) is 5.03. The van der Waals surface area contributed by atoms with Crippen LogP contribution in [0.15, 0.2) is 41.6 Å². The number of hydrogen-bond acceptors (Lipinski definition) is 3. The number of carbonyl (C=O) groups is 1. The lowest BCUT2D eigenvalue weighted by atomic mass is 9.88. The van der Waals surface area contributed by atoms with Gasteiger partial charge in [-0.15, -0.1) is 0 Å². The van der Waals surface area contributed by atoms with E-state index in [0.717, 1.165) is 29.2 Å². The molecule has 2 heterocycles. The van der Waals surface area contributed by atoms with Gasteiger partial charge in [-0.2, -0.15) is 0 Å². The van der Waals surface area contributed by atoms with Crippen LogP contribution in [0.4, 0.5) is 0 Å². The molecule has 0 atom stereocenters. The Morgan fingerprint density at radius 1 is 1.18 bits per heavy atom. The zero-order chi connectivity index (χ0) is 19.7. The molecular weight excluding hydrogens is 366 g/mol. The van der Waals surface area contributed by atoms with Crippen molar-refractivity contribution >= 4 is 29.3 Å². The molecule has 5 heteroatoms. The summed E-state index contributed by atoms with van der Waals surface area (Å²) in [6.07, 6.45) is 11.4. The van der Waals surface area contributed by atoms with Crippen LogP contribution < -0.4 is 0 Å². The van der Waals surface area contributed by atoms with Crippen molar-refractivity contribution in [1.29, 1.82) is 0 Å². The third-order valence-corrected chi connectivity index (χ3v) is 6.50. The topological polar surface area (TPSA) is 39.8 Å². The van der Waals surface area contributed by atoms with Crippen LogP contribution >= 0.6 is 11.9 Å². The summed E-state index contributed by atoms with van der Waals surface area (Å²) in [7, 11) is 0. The van der Waals surface area contributed by atoms with E-state index in [1.165, 1.54) is 43.4 Å². The summed E-state index contributed by atoms with van der Waals surface area (Å²) in [6, 6.07) is 8.38. The lowest BCUT2D eigenvalue weighted by molar-refractivity contribution is 0.112. The largest absolute Gasteiger partial charge is 0.327 e. The maximum atomic E-state index is 10.9. The number of aldehydes is 1. The highest BCUT2D eigenvalue weighted by molar-refractivity contribution is 7.97. The Kier molecular flexibility index (Phi) is 5.37. The summed E-state index contributed by atoms with van der Waals surface area (Å²) in [5, 5.41) is 0. The smallest absolute Gasteiger partial charge is 0.151 e. The predicted octanol–water partition coefficient (Wildman–Crippen LogP) is 6.08. The third kappa shape index (κ3) is 4.04. The van der Waals surface area contributed by atoms with Gasteiger partial charge in [-0.1, -0.05) is 40.0 Å². The molecule has 1 saturated carbocycles. The Hall–Kier alpha value is -2.01. The zero-order valence-corrected chi connectivity index (χ0v) is 17.8. The van der Waals surface area contributed by atoms with Gasteiger partial charge in [-0.25, -0.2) is 4.98 Å². The first-order chi connectivity index (χ1) is 13.4. The maximum Gasteiger partial charge on any atom is 0.151 e. The molecule has 2 aromatic heterocycles. The molecule has 0 bridgehead atoms. The zero-order valence-electron chi connectivity index (χ0n) is 17.0. The quantitative estimate of drug-likeness (QED) is 0.491. The van der Waals surface area contributed by atoms with E-state index in [9.17, 15) is 4.79 Å². The minimum atomic E-state index is 0.0142. The average Bonchev–Trinajstić information content (AvgIpc) is 3.27. The summed E-state index contributed by atoms with van der Waals surface area (Å²) >= 11 is 1.61.